The molecular formula is C23H21N3O3. The van der Waals surface area contributed by atoms with Gasteiger partial charge in [-0.25, -0.2) is 0 Å². The Morgan fingerprint density at radius 1 is 1.07 bits per heavy atom. The van der Waals surface area contributed by atoms with Gasteiger partial charge in [0.05, 0.1) is 18.2 Å². The molecule has 0 spiro atoms. The van der Waals surface area contributed by atoms with Crippen molar-refractivity contribution < 1.29 is 14.3 Å². The molecule has 3 rings (SSSR count). The van der Waals surface area contributed by atoms with Crippen molar-refractivity contribution in [3.63, 3.8) is 0 Å². The molecule has 0 fully saturated rings. The van der Waals surface area contributed by atoms with Crippen LogP contribution in [0.15, 0.2) is 66.7 Å². The van der Waals surface area contributed by atoms with E-state index in [0.717, 1.165) is 10.8 Å². The Bertz CT molecular complexity index is 1070. The van der Waals surface area contributed by atoms with Crippen LogP contribution >= 0.6 is 0 Å². The first-order valence-electron chi connectivity index (χ1n) is 9.17. The highest BCUT2D eigenvalue weighted by Crippen LogP contribution is 2.23. The highest BCUT2D eigenvalue weighted by atomic mass is 16.5. The summed E-state index contributed by atoms with van der Waals surface area (Å²) in [6.45, 7) is 1.53. The van der Waals surface area contributed by atoms with E-state index in [1.165, 1.54) is 4.90 Å². The molecule has 0 aliphatic heterocycles. The Balaban J connectivity index is 1.59. The summed E-state index contributed by atoms with van der Waals surface area (Å²) >= 11 is 0. The second kappa shape index (κ2) is 8.89. The number of anilines is 1. The Morgan fingerprint density at radius 3 is 2.48 bits per heavy atom. The molecule has 0 bridgehead atoms. The minimum Gasteiger partial charge on any atom is -0.481 e. The van der Waals surface area contributed by atoms with Crippen molar-refractivity contribution in [1.29, 1.82) is 5.26 Å². The number of benzene rings is 3. The van der Waals surface area contributed by atoms with E-state index in [-0.39, 0.29) is 18.4 Å². The third-order valence-electron chi connectivity index (χ3n) is 4.46. The number of ether oxygens (including phenoxy) is 1. The molecule has 3 aromatic carbocycles. The summed E-state index contributed by atoms with van der Waals surface area (Å²) in [5, 5.41) is 13.7. The maximum absolute atomic E-state index is 12.5. The lowest BCUT2D eigenvalue weighted by Gasteiger charge is -2.22. The minimum absolute atomic E-state index is 0.0941. The van der Waals surface area contributed by atoms with Gasteiger partial charge in [-0.05, 0) is 42.6 Å². The highest BCUT2D eigenvalue weighted by molar-refractivity contribution is 6.03. The SMILES string of the molecule is C[C@@H](Oc1ccc(C#N)cc1)C(=O)N(C)CC(=O)Nc1cccc2ccccc12. The zero-order valence-electron chi connectivity index (χ0n) is 16.3. The van der Waals surface area contributed by atoms with Gasteiger partial charge in [0.15, 0.2) is 6.10 Å². The number of fused-ring (bicyclic) bond motifs is 1. The van der Waals surface area contributed by atoms with Crippen LogP contribution in [-0.4, -0.2) is 36.4 Å². The number of nitriles is 1. The lowest BCUT2D eigenvalue weighted by molar-refractivity contribution is -0.139. The lowest BCUT2D eigenvalue weighted by atomic mass is 10.1. The van der Waals surface area contributed by atoms with Crippen molar-refractivity contribution in [2.75, 3.05) is 18.9 Å². The monoisotopic (exact) mass is 387 g/mol. The van der Waals surface area contributed by atoms with E-state index in [2.05, 4.69) is 5.32 Å². The first-order valence-corrected chi connectivity index (χ1v) is 9.17. The first-order chi connectivity index (χ1) is 14.0. The van der Waals surface area contributed by atoms with E-state index >= 15 is 0 Å². The quantitative estimate of drug-likeness (QED) is 0.701. The molecule has 0 heterocycles. The summed E-state index contributed by atoms with van der Waals surface area (Å²) in [7, 11) is 1.56. The smallest absolute Gasteiger partial charge is 0.263 e. The molecule has 6 nitrogen and oxygen atoms in total. The maximum Gasteiger partial charge on any atom is 0.263 e. The van der Waals surface area contributed by atoms with Crippen molar-refractivity contribution in [3.05, 3.63) is 72.3 Å². The Kier molecular flexibility index (Phi) is 6.10. The van der Waals surface area contributed by atoms with Crippen LogP contribution in [0.5, 0.6) is 5.75 Å². The van der Waals surface area contributed by atoms with Crippen LogP contribution in [0.4, 0.5) is 5.69 Å². The van der Waals surface area contributed by atoms with Gasteiger partial charge in [0.2, 0.25) is 5.91 Å². The van der Waals surface area contributed by atoms with Crippen LogP contribution in [0.2, 0.25) is 0 Å². The van der Waals surface area contributed by atoms with E-state index in [4.69, 9.17) is 10.00 Å². The number of nitrogens with one attached hydrogen (secondary N) is 1. The number of likely N-dealkylation sites (N-methyl/N-ethyl adjacent to an activating group) is 1. The number of carbonyl (C=O) groups excluding carboxylic acids is 2. The lowest BCUT2D eigenvalue weighted by Crippen LogP contribution is -2.42. The molecule has 0 saturated carbocycles. The third-order valence-corrected chi connectivity index (χ3v) is 4.46. The van der Waals surface area contributed by atoms with Crippen LogP contribution in [-0.2, 0) is 9.59 Å². The first kappa shape index (κ1) is 19.9. The van der Waals surface area contributed by atoms with Crippen LogP contribution in [0.25, 0.3) is 10.8 Å². The molecule has 6 heteroatoms. The number of hydrogen-bond acceptors (Lipinski definition) is 4. The Hall–Kier alpha value is -3.85. The Labute approximate surface area is 169 Å². The maximum atomic E-state index is 12.5. The van der Waals surface area contributed by atoms with Crippen molar-refractivity contribution in [1.82, 2.24) is 4.90 Å². The number of rotatable bonds is 6. The number of amides is 2. The number of carbonyl (C=O) groups is 2. The van der Waals surface area contributed by atoms with Gasteiger partial charge in [-0.1, -0.05) is 36.4 Å². The standard InChI is InChI=1S/C23H21N3O3/c1-16(29-19-12-10-17(14-24)11-13-19)23(28)26(2)15-22(27)25-21-9-5-7-18-6-3-4-8-20(18)21/h3-13,16H,15H2,1-2H3,(H,25,27)/t16-/m1/s1. The van der Waals surface area contributed by atoms with E-state index < -0.39 is 6.10 Å². The second-order valence-corrected chi connectivity index (χ2v) is 6.67. The molecule has 3 aromatic rings. The van der Waals surface area contributed by atoms with Crippen LogP contribution < -0.4 is 10.1 Å². The highest BCUT2D eigenvalue weighted by Gasteiger charge is 2.21. The molecular weight excluding hydrogens is 366 g/mol. The fourth-order valence-corrected chi connectivity index (χ4v) is 2.99. The summed E-state index contributed by atoms with van der Waals surface area (Å²) < 4.78 is 5.62. The second-order valence-electron chi connectivity index (χ2n) is 6.67. The van der Waals surface area contributed by atoms with Crippen LogP contribution in [0, 0.1) is 11.3 Å². The molecule has 146 valence electrons. The van der Waals surface area contributed by atoms with Crippen molar-refractivity contribution in [2.45, 2.75) is 13.0 Å². The van der Waals surface area contributed by atoms with Crippen molar-refractivity contribution in [3.8, 4) is 11.8 Å². The molecule has 1 N–H and O–H groups in total. The van der Waals surface area contributed by atoms with E-state index in [0.29, 0.717) is 17.0 Å². The molecule has 0 saturated heterocycles. The fourth-order valence-electron chi connectivity index (χ4n) is 2.99. The summed E-state index contributed by atoms with van der Waals surface area (Å²) in [5.74, 6) is -0.122. The van der Waals surface area contributed by atoms with Gasteiger partial charge in [-0.2, -0.15) is 5.26 Å². The average Bonchev–Trinajstić information content (AvgIpc) is 2.73. The van der Waals surface area contributed by atoms with Crippen molar-refractivity contribution in [2.24, 2.45) is 0 Å². The van der Waals surface area contributed by atoms with Gasteiger partial charge in [-0.3, -0.25) is 9.59 Å². The van der Waals surface area contributed by atoms with Gasteiger partial charge in [0.1, 0.15) is 5.75 Å². The third kappa shape index (κ3) is 4.90. The molecule has 2 amide bonds. The number of hydrogen-bond donors (Lipinski definition) is 1. The Morgan fingerprint density at radius 2 is 1.76 bits per heavy atom. The van der Waals surface area contributed by atoms with Gasteiger partial charge >= 0.3 is 0 Å². The van der Waals surface area contributed by atoms with Crippen molar-refractivity contribution >= 4 is 28.3 Å². The summed E-state index contributed by atoms with van der Waals surface area (Å²) in [6.07, 6.45) is -0.765. The normalized spacial score (nSPS) is 11.3. The van der Waals surface area contributed by atoms with Crippen LogP contribution in [0.3, 0.4) is 0 Å². The summed E-state index contributed by atoms with van der Waals surface area (Å²) in [4.78, 5) is 26.3. The average molecular weight is 387 g/mol. The molecule has 0 unspecified atom stereocenters. The molecule has 0 aliphatic carbocycles. The number of nitrogens with zero attached hydrogens (tertiary/aromatic N) is 2. The van der Waals surface area contributed by atoms with E-state index in [9.17, 15) is 9.59 Å². The molecule has 0 aliphatic rings. The van der Waals surface area contributed by atoms with Gasteiger partial charge in [0, 0.05) is 18.1 Å². The van der Waals surface area contributed by atoms with Gasteiger partial charge in [-0.15, -0.1) is 0 Å². The minimum atomic E-state index is -0.765. The predicted octanol–water partition coefficient (Wildman–Crippen LogP) is 3.58. The van der Waals surface area contributed by atoms with E-state index in [1.807, 2.05) is 48.5 Å². The van der Waals surface area contributed by atoms with Crippen LogP contribution in [0.1, 0.15) is 12.5 Å². The molecule has 0 radical (unpaired) electrons. The topological polar surface area (TPSA) is 82.4 Å². The molecule has 1 atom stereocenters. The fraction of sp³-hybridized carbons (Fsp3) is 0.174. The predicted molar refractivity (Wildman–Crippen MR) is 111 cm³/mol. The molecule has 29 heavy (non-hydrogen) atoms. The van der Waals surface area contributed by atoms with Gasteiger partial charge < -0.3 is 15.0 Å². The largest absolute Gasteiger partial charge is 0.481 e. The zero-order valence-corrected chi connectivity index (χ0v) is 16.3. The summed E-state index contributed by atoms with van der Waals surface area (Å²) in [6, 6.07) is 22.0. The van der Waals surface area contributed by atoms with Gasteiger partial charge in [0.25, 0.3) is 5.91 Å². The summed E-state index contributed by atoms with van der Waals surface area (Å²) in [5.41, 5.74) is 1.22. The van der Waals surface area contributed by atoms with E-state index in [1.54, 1.807) is 38.2 Å². The zero-order chi connectivity index (χ0) is 20.8. The molecule has 0 aromatic heterocycles.